The number of hydrogen-bond donors (Lipinski definition) is 1. The summed E-state index contributed by atoms with van der Waals surface area (Å²) in [6.07, 6.45) is 4.46. The Balaban J connectivity index is 2.18. The van der Waals surface area contributed by atoms with Gasteiger partial charge in [-0.25, -0.2) is 4.98 Å². The molecule has 5 heteroatoms. The van der Waals surface area contributed by atoms with Crippen LogP contribution in [0.1, 0.15) is 24.7 Å². The van der Waals surface area contributed by atoms with Crippen molar-refractivity contribution in [3.63, 3.8) is 0 Å². The van der Waals surface area contributed by atoms with Gasteiger partial charge in [0.15, 0.2) is 0 Å². The van der Waals surface area contributed by atoms with Gasteiger partial charge in [0.05, 0.1) is 11.6 Å². The van der Waals surface area contributed by atoms with E-state index in [4.69, 9.17) is 0 Å². The third kappa shape index (κ3) is 1.71. The first kappa shape index (κ1) is 10.7. The van der Waals surface area contributed by atoms with Crippen molar-refractivity contribution in [1.29, 1.82) is 0 Å². The maximum Gasteiger partial charge on any atom is 0.132 e. The normalized spacial score (nSPS) is 20.8. The molecule has 0 saturated carbocycles. The number of pyridine rings is 1. The molecule has 1 saturated heterocycles. The molecule has 3 rings (SSSR count). The van der Waals surface area contributed by atoms with Crippen LogP contribution in [0.15, 0.2) is 27.4 Å². The lowest BCUT2D eigenvalue weighted by Crippen LogP contribution is -2.15. The van der Waals surface area contributed by atoms with Gasteiger partial charge in [-0.3, -0.25) is 0 Å². The maximum atomic E-state index is 4.61. The average Bonchev–Trinajstić information content (AvgIpc) is 2.87. The highest BCUT2D eigenvalue weighted by atomic mass is 79.9. The van der Waals surface area contributed by atoms with E-state index in [-0.39, 0.29) is 0 Å². The molecule has 84 valence electrons. The van der Waals surface area contributed by atoms with Crippen molar-refractivity contribution in [2.45, 2.75) is 18.9 Å². The Kier molecular flexibility index (Phi) is 2.77. The summed E-state index contributed by atoms with van der Waals surface area (Å²) in [5.41, 5.74) is 1.11. The molecule has 2 aromatic rings. The lowest BCUT2D eigenvalue weighted by Gasteiger charge is -2.08. The van der Waals surface area contributed by atoms with Gasteiger partial charge in [-0.05, 0) is 47.4 Å². The van der Waals surface area contributed by atoms with Gasteiger partial charge >= 0.3 is 0 Å². The Morgan fingerprint density at radius 2 is 2.31 bits per heavy atom. The minimum Gasteiger partial charge on any atom is -0.307 e. The van der Waals surface area contributed by atoms with Crippen LogP contribution in [0.2, 0.25) is 0 Å². The van der Waals surface area contributed by atoms with Gasteiger partial charge in [0.1, 0.15) is 10.4 Å². The van der Waals surface area contributed by atoms with Gasteiger partial charge in [-0.2, -0.15) is 0 Å². The zero-order chi connectivity index (χ0) is 11.1. The number of hydrogen-bond acceptors (Lipinski definition) is 2. The highest BCUT2D eigenvalue weighted by Crippen LogP contribution is 2.28. The topological polar surface area (TPSA) is 29.3 Å². The quantitative estimate of drug-likeness (QED) is 0.860. The van der Waals surface area contributed by atoms with Gasteiger partial charge < -0.3 is 9.72 Å². The number of nitrogens with zero attached hydrogens (tertiary/aromatic N) is 2. The maximum absolute atomic E-state index is 4.61. The number of imidazole rings is 1. The van der Waals surface area contributed by atoms with Crippen LogP contribution in [-0.4, -0.2) is 15.9 Å². The van der Waals surface area contributed by atoms with Crippen LogP contribution >= 0.6 is 31.9 Å². The van der Waals surface area contributed by atoms with E-state index < -0.39 is 0 Å². The predicted molar refractivity (Wildman–Crippen MR) is 70.6 cm³/mol. The summed E-state index contributed by atoms with van der Waals surface area (Å²) in [6, 6.07) is 4.51. The van der Waals surface area contributed by atoms with Crippen molar-refractivity contribution in [2.75, 3.05) is 6.54 Å². The molecule has 3 nitrogen and oxygen atoms in total. The summed E-state index contributed by atoms with van der Waals surface area (Å²) >= 11 is 7.00. The van der Waals surface area contributed by atoms with Gasteiger partial charge in [0, 0.05) is 10.7 Å². The first-order chi connectivity index (χ1) is 7.75. The van der Waals surface area contributed by atoms with Crippen molar-refractivity contribution < 1.29 is 0 Å². The van der Waals surface area contributed by atoms with Crippen LogP contribution in [0.25, 0.3) is 5.52 Å². The zero-order valence-corrected chi connectivity index (χ0v) is 11.8. The molecule has 1 unspecified atom stereocenters. The Morgan fingerprint density at radius 3 is 3.06 bits per heavy atom. The summed E-state index contributed by atoms with van der Waals surface area (Å²) in [4.78, 5) is 4.61. The van der Waals surface area contributed by atoms with Gasteiger partial charge in [-0.1, -0.05) is 15.9 Å². The number of rotatable bonds is 1. The Hall–Kier alpha value is -0.390. The predicted octanol–water partition coefficient (Wildman–Crippen LogP) is 3.28. The molecule has 0 bridgehead atoms. The Labute approximate surface area is 111 Å². The molecular weight excluding hydrogens is 334 g/mol. The lowest BCUT2D eigenvalue weighted by atomic mass is 10.2. The van der Waals surface area contributed by atoms with Crippen LogP contribution in [-0.2, 0) is 0 Å². The van der Waals surface area contributed by atoms with Crippen molar-refractivity contribution in [2.24, 2.45) is 0 Å². The second-order valence-corrected chi connectivity index (χ2v) is 5.68. The van der Waals surface area contributed by atoms with Gasteiger partial charge in [0.2, 0.25) is 0 Å². The second-order valence-electron chi connectivity index (χ2n) is 4.01. The molecule has 2 aromatic heterocycles. The van der Waals surface area contributed by atoms with E-state index in [0.717, 1.165) is 27.0 Å². The SMILES string of the molecule is Brc1ccn2c(C3CCCN3)nc(Br)c2c1. The molecular formula is C11H11Br2N3. The molecule has 1 aliphatic heterocycles. The second kappa shape index (κ2) is 4.13. The molecule has 1 N–H and O–H groups in total. The highest BCUT2D eigenvalue weighted by Gasteiger charge is 2.22. The fourth-order valence-electron chi connectivity index (χ4n) is 2.20. The minimum absolute atomic E-state index is 0.389. The molecule has 3 heterocycles. The molecule has 0 amide bonds. The first-order valence-electron chi connectivity index (χ1n) is 5.32. The van der Waals surface area contributed by atoms with Crippen molar-refractivity contribution in [1.82, 2.24) is 14.7 Å². The van der Waals surface area contributed by atoms with Crippen molar-refractivity contribution >= 4 is 37.4 Å². The van der Waals surface area contributed by atoms with Crippen LogP contribution in [0.5, 0.6) is 0 Å². The van der Waals surface area contributed by atoms with Crippen LogP contribution in [0.4, 0.5) is 0 Å². The number of fused-ring (bicyclic) bond motifs is 1. The van der Waals surface area contributed by atoms with E-state index in [1.807, 2.05) is 6.07 Å². The summed E-state index contributed by atoms with van der Waals surface area (Å²) in [7, 11) is 0. The van der Waals surface area contributed by atoms with E-state index in [1.165, 1.54) is 12.8 Å². The van der Waals surface area contributed by atoms with Gasteiger partial charge in [0.25, 0.3) is 0 Å². The van der Waals surface area contributed by atoms with E-state index in [2.05, 4.69) is 58.8 Å². The monoisotopic (exact) mass is 343 g/mol. The lowest BCUT2D eigenvalue weighted by molar-refractivity contribution is 0.602. The number of halogens is 2. The highest BCUT2D eigenvalue weighted by molar-refractivity contribution is 9.11. The van der Waals surface area contributed by atoms with Crippen LogP contribution in [0, 0.1) is 0 Å². The van der Waals surface area contributed by atoms with Gasteiger partial charge in [-0.15, -0.1) is 0 Å². The van der Waals surface area contributed by atoms with E-state index in [0.29, 0.717) is 6.04 Å². The van der Waals surface area contributed by atoms with E-state index >= 15 is 0 Å². The molecule has 0 spiro atoms. The largest absolute Gasteiger partial charge is 0.307 e. The molecule has 1 atom stereocenters. The minimum atomic E-state index is 0.389. The number of nitrogens with one attached hydrogen (secondary N) is 1. The Bertz CT molecular complexity index is 529. The van der Waals surface area contributed by atoms with Crippen LogP contribution in [0.3, 0.4) is 0 Å². The van der Waals surface area contributed by atoms with Crippen molar-refractivity contribution in [3.05, 3.63) is 33.2 Å². The fourth-order valence-corrected chi connectivity index (χ4v) is 3.02. The summed E-state index contributed by atoms with van der Waals surface area (Å²) in [5.74, 6) is 1.10. The van der Waals surface area contributed by atoms with E-state index in [9.17, 15) is 0 Å². The third-order valence-corrected chi connectivity index (χ3v) is 4.04. The molecule has 0 aliphatic carbocycles. The summed E-state index contributed by atoms with van der Waals surface area (Å²) in [5, 5.41) is 3.48. The summed E-state index contributed by atoms with van der Waals surface area (Å²) in [6.45, 7) is 1.09. The average molecular weight is 345 g/mol. The zero-order valence-electron chi connectivity index (χ0n) is 8.58. The first-order valence-corrected chi connectivity index (χ1v) is 6.91. The molecule has 0 aromatic carbocycles. The summed E-state index contributed by atoms with van der Waals surface area (Å²) < 4.78 is 4.14. The van der Waals surface area contributed by atoms with Crippen molar-refractivity contribution in [3.8, 4) is 0 Å². The smallest absolute Gasteiger partial charge is 0.132 e. The van der Waals surface area contributed by atoms with Crippen LogP contribution < -0.4 is 5.32 Å². The molecule has 0 radical (unpaired) electrons. The molecule has 16 heavy (non-hydrogen) atoms. The van der Waals surface area contributed by atoms with E-state index in [1.54, 1.807) is 0 Å². The Morgan fingerprint density at radius 1 is 1.44 bits per heavy atom. The fraction of sp³-hybridized carbons (Fsp3) is 0.364. The standard InChI is InChI=1S/C11H11Br2N3/c12-7-3-5-16-9(6-7)10(13)15-11(16)8-2-1-4-14-8/h3,5-6,8,14H,1-2,4H2. The molecule has 1 fully saturated rings. The third-order valence-electron chi connectivity index (χ3n) is 2.96. The number of aromatic nitrogens is 2. The molecule has 1 aliphatic rings.